The van der Waals surface area contributed by atoms with Gasteiger partial charge in [0.2, 0.25) is 5.78 Å². The number of nitrogens with zero attached hydrogens (tertiary/aromatic N) is 1. The Morgan fingerprint density at radius 3 is 2.13 bits per heavy atom. The van der Waals surface area contributed by atoms with Crippen LogP contribution in [0, 0.1) is 10.1 Å². The van der Waals surface area contributed by atoms with Gasteiger partial charge in [-0.1, -0.05) is 19.1 Å². The van der Waals surface area contributed by atoms with Gasteiger partial charge in [0.1, 0.15) is 5.60 Å². The maximum absolute atomic E-state index is 12.1. The molecule has 0 saturated heterocycles. The lowest BCUT2D eigenvalue weighted by Gasteiger charge is -2.16. The molecule has 0 bridgehead atoms. The zero-order valence-electron chi connectivity index (χ0n) is 13.7. The highest BCUT2D eigenvalue weighted by molar-refractivity contribution is 6.00. The number of carbonyl (C=O) groups is 2. The summed E-state index contributed by atoms with van der Waals surface area (Å²) in [4.78, 5) is 43.9. The molecule has 0 aromatic heterocycles. The van der Waals surface area contributed by atoms with Crippen molar-refractivity contribution in [2.45, 2.75) is 52.2 Å². The second kappa shape index (κ2) is 7.82. The molecule has 7 nitrogen and oxygen atoms in total. The fourth-order valence-electron chi connectivity index (χ4n) is 1.78. The quantitative estimate of drug-likeness (QED) is 0.331. The first-order chi connectivity index (χ1) is 10.7. The average Bonchev–Trinajstić information content (AvgIpc) is 2.48. The highest BCUT2D eigenvalue weighted by Gasteiger charge is 2.29. The molecular weight excluding hydrogens is 302 g/mol. The van der Waals surface area contributed by atoms with Crippen molar-refractivity contribution >= 4 is 11.8 Å². The van der Waals surface area contributed by atoms with E-state index in [9.17, 15) is 19.7 Å². The zero-order chi connectivity index (χ0) is 17.6. The van der Waals surface area contributed by atoms with E-state index in [0.29, 0.717) is 6.42 Å². The van der Waals surface area contributed by atoms with Crippen molar-refractivity contribution in [3.8, 4) is 0 Å². The predicted octanol–water partition coefficient (Wildman–Crippen LogP) is 3.20. The van der Waals surface area contributed by atoms with Gasteiger partial charge in [0.05, 0.1) is 5.56 Å². The molecule has 0 aliphatic rings. The van der Waals surface area contributed by atoms with Crippen molar-refractivity contribution in [2.24, 2.45) is 0 Å². The molecule has 0 N–H and O–H groups in total. The molecule has 7 heteroatoms. The van der Waals surface area contributed by atoms with E-state index in [4.69, 9.17) is 4.89 Å². The number of nitro groups is 1. The second-order valence-electron chi connectivity index (χ2n) is 6.10. The Hall–Kier alpha value is -2.28. The summed E-state index contributed by atoms with van der Waals surface area (Å²) in [5, 5.41) is 11.0. The molecule has 0 fully saturated rings. The van der Waals surface area contributed by atoms with E-state index in [1.165, 1.54) is 24.3 Å². The first-order valence-corrected chi connectivity index (χ1v) is 7.33. The van der Waals surface area contributed by atoms with Crippen LogP contribution >= 0.6 is 0 Å². The van der Waals surface area contributed by atoms with Gasteiger partial charge in [-0.3, -0.25) is 19.8 Å². The molecule has 0 spiro atoms. The van der Waals surface area contributed by atoms with E-state index in [1.807, 2.05) is 0 Å². The van der Waals surface area contributed by atoms with Crippen LogP contribution < -0.4 is 0 Å². The van der Waals surface area contributed by atoms with E-state index in [2.05, 4.69) is 4.89 Å². The van der Waals surface area contributed by atoms with Crippen molar-refractivity contribution in [3.05, 3.63) is 45.5 Å². The normalized spacial score (nSPS) is 12.5. The summed E-state index contributed by atoms with van der Waals surface area (Å²) in [7, 11) is 0. The summed E-state index contributed by atoms with van der Waals surface area (Å²) in [5.41, 5.74) is -0.252. The molecular formula is C16H21NO6. The number of hydrogen-bond acceptors (Lipinski definition) is 6. The van der Waals surface area contributed by atoms with Gasteiger partial charge in [-0.05, 0) is 39.3 Å². The lowest BCUT2D eigenvalue weighted by Crippen LogP contribution is -2.29. The number of benzene rings is 1. The maximum atomic E-state index is 12.1. The molecule has 1 unspecified atom stereocenters. The summed E-state index contributed by atoms with van der Waals surface area (Å²) in [5.74, 6) is -1.26. The largest absolute Gasteiger partial charge is 0.373 e. The van der Waals surface area contributed by atoms with Gasteiger partial charge >= 0.3 is 5.97 Å². The van der Waals surface area contributed by atoms with Crippen LogP contribution in [-0.2, 0) is 9.78 Å². The molecule has 0 aliphatic heterocycles. The molecule has 0 heterocycles. The highest BCUT2D eigenvalue weighted by atomic mass is 17.2. The van der Waals surface area contributed by atoms with Crippen molar-refractivity contribution in [1.29, 1.82) is 0 Å². The van der Waals surface area contributed by atoms with E-state index in [0.717, 1.165) is 0 Å². The minimum absolute atomic E-state index is 0.176. The van der Waals surface area contributed by atoms with Crippen LogP contribution in [0.2, 0.25) is 0 Å². The van der Waals surface area contributed by atoms with Crippen LogP contribution in [-0.4, -0.2) is 28.3 Å². The summed E-state index contributed by atoms with van der Waals surface area (Å²) in [6, 6.07) is 4.25. The Bertz CT molecular complexity index is 573. The Morgan fingerprint density at radius 2 is 1.70 bits per heavy atom. The van der Waals surface area contributed by atoms with Crippen molar-refractivity contribution in [1.82, 2.24) is 0 Å². The molecule has 126 valence electrons. The predicted molar refractivity (Wildman–Crippen MR) is 82.7 cm³/mol. The van der Waals surface area contributed by atoms with Crippen LogP contribution in [0.25, 0.3) is 0 Å². The van der Waals surface area contributed by atoms with Crippen molar-refractivity contribution in [2.75, 3.05) is 0 Å². The fourth-order valence-corrected chi connectivity index (χ4v) is 1.78. The van der Waals surface area contributed by atoms with Crippen LogP contribution in [0.5, 0.6) is 0 Å². The molecule has 1 aromatic rings. The smallest absolute Gasteiger partial charge is 0.292 e. The lowest BCUT2D eigenvalue weighted by atomic mass is 10.00. The van der Waals surface area contributed by atoms with Crippen LogP contribution in [0.15, 0.2) is 24.3 Å². The summed E-state index contributed by atoms with van der Waals surface area (Å²) >= 11 is 0. The minimum atomic E-state index is -1.26. The molecule has 23 heavy (non-hydrogen) atoms. The van der Waals surface area contributed by atoms with Gasteiger partial charge in [0.25, 0.3) is 6.04 Å². The molecule has 0 amide bonds. The molecule has 1 rings (SSSR count). The van der Waals surface area contributed by atoms with Gasteiger partial charge in [-0.2, -0.15) is 4.89 Å². The average molecular weight is 323 g/mol. The second-order valence-corrected chi connectivity index (χ2v) is 6.10. The molecule has 1 atom stereocenters. The fraction of sp³-hybridized carbons (Fsp3) is 0.500. The van der Waals surface area contributed by atoms with Gasteiger partial charge in [-0.15, -0.1) is 0 Å². The van der Waals surface area contributed by atoms with Crippen molar-refractivity contribution in [3.63, 3.8) is 0 Å². The first kappa shape index (κ1) is 18.8. The summed E-state index contributed by atoms with van der Waals surface area (Å²) in [6.07, 6.45) is 0.709. The van der Waals surface area contributed by atoms with Crippen LogP contribution in [0.3, 0.4) is 0 Å². The summed E-state index contributed by atoms with van der Waals surface area (Å²) < 4.78 is 0. The molecule has 1 aromatic carbocycles. The number of rotatable bonds is 7. The van der Waals surface area contributed by atoms with Gasteiger partial charge in [-0.25, -0.2) is 4.79 Å². The van der Waals surface area contributed by atoms with E-state index >= 15 is 0 Å². The monoisotopic (exact) mass is 323 g/mol. The Labute approximate surface area is 134 Å². The van der Waals surface area contributed by atoms with E-state index in [1.54, 1.807) is 27.7 Å². The topological polar surface area (TPSA) is 95.7 Å². The molecule has 0 aliphatic carbocycles. The van der Waals surface area contributed by atoms with E-state index < -0.39 is 28.3 Å². The maximum Gasteiger partial charge on any atom is 0.373 e. The van der Waals surface area contributed by atoms with Crippen LogP contribution in [0.4, 0.5) is 0 Å². The van der Waals surface area contributed by atoms with Gasteiger partial charge in [0.15, 0.2) is 0 Å². The number of Topliss-reactive ketones (excluding diaryl/α,β-unsaturated/α-hetero) is 1. The van der Waals surface area contributed by atoms with Gasteiger partial charge < -0.3 is 0 Å². The SMILES string of the molecule is CCCC(C(=O)c1ccc(C(=O)OOC(C)(C)C)cc1)[N+](=O)[O-]. The van der Waals surface area contributed by atoms with Crippen molar-refractivity contribution < 1.29 is 24.3 Å². The Kier molecular flexibility index (Phi) is 6.38. The third-order valence-corrected chi connectivity index (χ3v) is 2.89. The Balaban J connectivity index is 2.81. The van der Waals surface area contributed by atoms with E-state index in [-0.39, 0.29) is 17.5 Å². The summed E-state index contributed by atoms with van der Waals surface area (Å²) in [6.45, 7) is 6.96. The van der Waals surface area contributed by atoms with Gasteiger partial charge in [0, 0.05) is 16.9 Å². The number of carbonyl (C=O) groups excluding carboxylic acids is 2. The van der Waals surface area contributed by atoms with Crippen LogP contribution in [0.1, 0.15) is 61.3 Å². The molecule has 0 saturated carbocycles. The number of hydrogen-bond donors (Lipinski definition) is 0. The minimum Gasteiger partial charge on any atom is -0.292 e. The number of ketones is 1. The zero-order valence-corrected chi connectivity index (χ0v) is 13.7. The lowest BCUT2D eigenvalue weighted by molar-refractivity contribution is -0.505. The Morgan fingerprint density at radius 1 is 1.17 bits per heavy atom. The third-order valence-electron chi connectivity index (χ3n) is 2.89. The highest BCUT2D eigenvalue weighted by Crippen LogP contribution is 2.14. The standard InChI is InChI=1S/C16H21NO6/c1-5-6-13(17(20)21)14(18)11-7-9-12(10-8-11)15(19)22-23-16(2,3)4/h7-10,13H,5-6H2,1-4H3. The molecule has 0 radical (unpaired) electrons. The third kappa shape index (κ3) is 5.78. The first-order valence-electron chi connectivity index (χ1n) is 7.33.